The highest BCUT2D eigenvalue weighted by molar-refractivity contribution is 5.17. The molecule has 1 aromatic carbocycles. The Hall–Kier alpha value is -1.76. The van der Waals surface area contributed by atoms with Crippen LogP contribution in [0.4, 0.5) is 0 Å². The number of β-amino-alcohol motifs (C(OH)–C–C–N with tert-alkyl or cyclic N) is 1. The van der Waals surface area contributed by atoms with Crippen molar-refractivity contribution >= 4 is 0 Å². The standard InChI is InChI=1S/C19H27N5O/c25-17(16-6-2-1-3-7-16)14-22-10-12-23(13-11-22)15-19-21-20-18-8-4-5-9-24(18)19/h1-3,6-7,17,25H,4-5,8-15H2. The number of aliphatic hydroxyl groups is 1. The summed E-state index contributed by atoms with van der Waals surface area (Å²) in [5.41, 5.74) is 1.00. The summed E-state index contributed by atoms with van der Waals surface area (Å²) >= 11 is 0. The molecule has 1 N–H and O–H groups in total. The van der Waals surface area contributed by atoms with Crippen LogP contribution in [0, 0.1) is 0 Å². The lowest BCUT2D eigenvalue weighted by Crippen LogP contribution is -2.47. The van der Waals surface area contributed by atoms with Crippen LogP contribution in [0.2, 0.25) is 0 Å². The maximum absolute atomic E-state index is 10.4. The predicted octanol–water partition coefficient (Wildman–Crippen LogP) is 1.47. The Balaban J connectivity index is 1.28. The molecule has 0 radical (unpaired) electrons. The molecule has 6 heteroatoms. The summed E-state index contributed by atoms with van der Waals surface area (Å²) < 4.78 is 2.31. The van der Waals surface area contributed by atoms with Gasteiger partial charge in [-0.05, 0) is 18.4 Å². The number of benzene rings is 1. The van der Waals surface area contributed by atoms with E-state index in [1.807, 2.05) is 30.3 Å². The topological polar surface area (TPSA) is 57.4 Å². The molecule has 2 aromatic rings. The molecular weight excluding hydrogens is 314 g/mol. The van der Waals surface area contributed by atoms with E-state index in [0.29, 0.717) is 6.54 Å². The van der Waals surface area contributed by atoms with Crippen molar-refractivity contribution in [3.63, 3.8) is 0 Å². The third kappa shape index (κ3) is 3.92. The second-order valence-electron chi connectivity index (χ2n) is 7.14. The first-order valence-electron chi connectivity index (χ1n) is 9.38. The molecule has 4 rings (SSSR count). The van der Waals surface area contributed by atoms with E-state index < -0.39 is 6.10 Å². The van der Waals surface area contributed by atoms with Crippen LogP contribution in [0.3, 0.4) is 0 Å². The molecule has 0 spiro atoms. The van der Waals surface area contributed by atoms with Crippen LogP contribution < -0.4 is 0 Å². The number of fused-ring (bicyclic) bond motifs is 1. The van der Waals surface area contributed by atoms with Crippen LogP contribution in [-0.4, -0.2) is 62.4 Å². The molecule has 0 bridgehead atoms. The molecule has 1 fully saturated rings. The molecule has 1 saturated heterocycles. The number of nitrogens with zero attached hydrogens (tertiary/aromatic N) is 5. The SMILES string of the molecule is OC(CN1CCN(Cc2nnc3n2CCCC3)CC1)c1ccccc1. The third-order valence-corrected chi connectivity index (χ3v) is 5.38. The summed E-state index contributed by atoms with van der Waals surface area (Å²) in [6.45, 7) is 6.68. The van der Waals surface area contributed by atoms with Gasteiger partial charge in [-0.25, -0.2) is 0 Å². The zero-order chi connectivity index (χ0) is 17.1. The van der Waals surface area contributed by atoms with Gasteiger partial charge in [-0.2, -0.15) is 0 Å². The highest BCUT2D eigenvalue weighted by Gasteiger charge is 2.22. The van der Waals surface area contributed by atoms with E-state index in [0.717, 1.165) is 62.9 Å². The largest absolute Gasteiger partial charge is 0.387 e. The van der Waals surface area contributed by atoms with E-state index in [-0.39, 0.29) is 0 Å². The Labute approximate surface area is 149 Å². The van der Waals surface area contributed by atoms with E-state index in [1.165, 1.54) is 12.8 Å². The molecule has 0 amide bonds. The lowest BCUT2D eigenvalue weighted by atomic mass is 10.1. The molecular formula is C19H27N5O. The zero-order valence-corrected chi connectivity index (χ0v) is 14.7. The van der Waals surface area contributed by atoms with E-state index in [2.05, 4.69) is 24.6 Å². The van der Waals surface area contributed by atoms with Crippen LogP contribution >= 0.6 is 0 Å². The summed E-state index contributed by atoms with van der Waals surface area (Å²) in [6.07, 6.45) is 3.14. The van der Waals surface area contributed by atoms with E-state index in [1.54, 1.807) is 0 Å². The number of aliphatic hydroxyl groups excluding tert-OH is 1. The molecule has 1 aromatic heterocycles. The highest BCUT2D eigenvalue weighted by Crippen LogP contribution is 2.18. The van der Waals surface area contributed by atoms with Crippen molar-refractivity contribution in [3.05, 3.63) is 47.5 Å². The molecule has 134 valence electrons. The average molecular weight is 341 g/mol. The molecule has 0 aliphatic carbocycles. The second kappa shape index (κ2) is 7.64. The maximum Gasteiger partial charge on any atom is 0.147 e. The average Bonchev–Trinajstić information content (AvgIpc) is 3.07. The van der Waals surface area contributed by atoms with Gasteiger partial charge in [-0.3, -0.25) is 9.80 Å². The van der Waals surface area contributed by atoms with E-state index in [9.17, 15) is 5.11 Å². The maximum atomic E-state index is 10.4. The molecule has 3 heterocycles. The number of piperazine rings is 1. The van der Waals surface area contributed by atoms with Gasteiger partial charge < -0.3 is 9.67 Å². The van der Waals surface area contributed by atoms with Crippen molar-refractivity contribution in [2.45, 2.75) is 38.5 Å². The van der Waals surface area contributed by atoms with Crippen LogP contribution in [0.5, 0.6) is 0 Å². The Bertz CT molecular complexity index is 678. The minimum absolute atomic E-state index is 0.406. The number of hydrogen-bond acceptors (Lipinski definition) is 5. The number of aromatic nitrogens is 3. The molecule has 1 atom stereocenters. The summed E-state index contributed by atoms with van der Waals surface area (Å²) in [5, 5.41) is 19.2. The lowest BCUT2D eigenvalue weighted by Gasteiger charge is -2.35. The fourth-order valence-electron chi connectivity index (χ4n) is 3.84. The minimum Gasteiger partial charge on any atom is -0.387 e. The van der Waals surface area contributed by atoms with Crippen LogP contribution in [-0.2, 0) is 19.5 Å². The first kappa shape index (κ1) is 16.7. The number of hydrogen-bond donors (Lipinski definition) is 1. The minimum atomic E-state index is -0.406. The Morgan fingerprint density at radius 2 is 1.68 bits per heavy atom. The Morgan fingerprint density at radius 1 is 0.920 bits per heavy atom. The predicted molar refractivity (Wildman–Crippen MR) is 96.1 cm³/mol. The third-order valence-electron chi connectivity index (χ3n) is 5.38. The van der Waals surface area contributed by atoms with Crippen molar-refractivity contribution in [1.29, 1.82) is 0 Å². The zero-order valence-electron chi connectivity index (χ0n) is 14.7. The molecule has 25 heavy (non-hydrogen) atoms. The van der Waals surface area contributed by atoms with Gasteiger partial charge in [-0.15, -0.1) is 10.2 Å². The summed E-state index contributed by atoms with van der Waals surface area (Å²) in [6, 6.07) is 9.94. The summed E-state index contributed by atoms with van der Waals surface area (Å²) in [5.74, 6) is 2.28. The number of rotatable bonds is 5. The lowest BCUT2D eigenvalue weighted by molar-refractivity contribution is 0.0687. The Morgan fingerprint density at radius 3 is 2.48 bits per heavy atom. The fourth-order valence-corrected chi connectivity index (χ4v) is 3.84. The van der Waals surface area contributed by atoms with Gasteiger partial charge in [-0.1, -0.05) is 30.3 Å². The second-order valence-corrected chi connectivity index (χ2v) is 7.14. The summed E-state index contributed by atoms with van der Waals surface area (Å²) in [7, 11) is 0. The van der Waals surface area contributed by atoms with Gasteiger partial charge >= 0.3 is 0 Å². The van der Waals surface area contributed by atoms with Crippen LogP contribution in [0.1, 0.15) is 36.2 Å². The molecule has 6 nitrogen and oxygen atoms in total. The molecule has 2 aliphatic rings. The fraction of sp³-hybridized carbons (Fsp3) is 0.579. The van der Waals surface area contributed by atoms with Gasteiger partial charge in [0.25, 0.3) is 0 Å². The van der Waals surface area contributed by atoms with Crippen LogP contribution in [0.25, 0.3) is 0 Å². The van der Waals surface area contributed by atoms with Gasteiger partial charge in [0.05, 0.1) is 12.6 Å². The Kier molecular flexibility index (Phi) is 5.10. The number of aryl methyl sites for hydroxylation is 1. The van der Waals surface area contributed by atoms with Crippen molar-refractivity contribution in [3.8, 4) is 0 Å². The van der Waals surface area contributed by atoms with Crippen molar-refractivity contribution in [2.75, 3.05) is 32.7 Å². The summed E-state index contributed by atoms with van der Waals surface area (Å²) in [4.78, 5) is 4.81. The van der Waals surface area contributed by atoms with Gasteiger partial charge in [0.15, 0.2) is 0 Å². The van der Waals surface area contributed by atoms with Crippen LogP contribution in [0.15, 0.2) is 30.3 Å². The first-order chi connectivity index (χ1) is 12.3. The highest BCUT2D eigenvalue weighted by atomic mass is 16.3. The van der Waals surface area contributed by atoms with Gasteiger partial charge in [0.1, 0.15) is 11.6 Å². The van der Waals surface area contributed by atoms with E-state index >= 15 is 0 Å². The first-order valence-corrected chi connectivity index (χ1v) is 9.38. The molecule has 1 unspecified atom stereocenters. The van der Waals surface area contributed by atoms with Crippen molar-refractivity contribution in [2.24, 2.45) is 0 Å². The van der Waals surface area contributed by atoms with Gasteiger partial charge in [0.2, 0.25) is 0 Å². The van der Waals surface area contributed by atoms with Gasteiger partial charge in [0, 0.05) is 45.7 Å². The normalized spacial score (nSPS) is 20.4. The quantitative estimate of drug-likeness (QED) is 0.892. The molecule has 2 aliphatic heterocycles. The van der Waals surface area contributed by atoms with E-state index in [4.69, 9.17) is 0 Å². The molecule has 0 saturated carbocycles. The smallest absolute Gasteiger partial charge is 0.147 e. The van der Waals surface area contributed by atoms with Crippen molar-refractivity contribution in [1.82, 2.24) is 24.6 Å². The van der Waals surface area contributed by atoms with Crippen molar-refractivity contribution < 1.29 is 5.11 Å². The monoisotopic (exact) mass is 341 g/mol.